The molecule has 22 heavy (non-hydrogen) atoms. The van der Waals surface area contributed by atoms with Crippen molar-refractivity contribution in [2.45, 2.75) is 32.2 Å². The lowest BCUT2D eigenvalue weighted by atomic mass is 10.0. The van der Waals surface area contributed by atoms with Crippen molar-refractivity contribution < 1.29 is 4.79 Å². The second kappa shape index (κ2) is 5.35. The highest BCUT2D eigenvalue weighted by atomic mass is 32.1. The van der Waals surface area contributed by atoms with Crippen molar-refractivity contribution in [2.75, 3.05) is 12.3 Å². The molecule has 4 rings (SSSR count). The van der Waals surface area contributed by atoms with Crippen LogP contribution in [-0.4, -0.2) is 27.3 Å². The van der Waals surface area contributed by atoms with Crippen molar-refractivity contribution in [2.24, 2.45) is 5.92 Å². The van der Waals surface area contributed by atoms with Gasteiger partial charge < -0.3 is 10.6 Å². The van der Waals surface area contributed by atoms with Gasteiger partial charge in [0.15, 0.2) is 0 Å². The van der Waals surface area contributed by atoms with Crippen LogP contribution in [0, 0.1) is 5.92 Å². The van der Waals surface area contributed by atoms with Crippen LogP contribution in [0.5, 0.6) is 0 Å². The molecule has 1 amide bonds. The summed E-state index contributed by atoms with van der Waals surface area (Å²) in [5.41, 5.74) is 7.23. The van der Waals surface area contributed by atoms with Gasteiger partial charge in [-0.25, -0.2) is 9.97 Å². The molecule has 3 heterocycles. The number of rotatable bonds is 2. The second-order valence-corrected chi connectivity index (χ2v) is 7.06. The van der Waals surface area contributed by atoms with E-state index in [1.807, 2.05) is 4.90 Å². The third-order valence-corrected chi connectivity index (χ3v) is 5.69. The molecule has 2 aromatic heterocycles. The van der Waals surface area contributed by atoms with Crippen molar-refractivity contribution in [3.05, 3.63) is 28.9 Å². The maximum Gasteiger partial charge on any atom is 0.223 e. The molecule has 0 bridgehead atoms. The first-order chi connectivity index (χ1) is 10.7. The minimum atomic E-state index is 0.263. The molecule has 2 aromatic rings. The SMILES string of the molecule is Nc1ncnc2sc3c(c12)CCN(C(=O)C[C@@H]1C=CCC1)C3. The molecule has 114 valence electrons. The summed E-state index contributed by atoms with van der Waals surface area (Å²) in [6, 6.07) is 0. The summed E-state index contributed by atoms with van der Waals surface area (Å²) >= 11 is 1.64. The highest BCUT2D eigenvalue weighted by Gasteiger charge is 2.27. The number of carbonyl (C=O) groups excluding carboxylic acids is 1. The molecule has 1 aliphatic carbocycles. The lowest BCUT2D eigenvalue weighted by Gasteiger charge is -2.28. The van der Waals surface area contributed by atoms with E-state index in [9.17, 15) is 4.79 Å². The summed E-state index contributed by atoms with van der Waals surface area (Å²) in [5, 5.41) is 0.994. The summed E-state index contributed by atoms with van der Waals surface area (Å²) in [7, 11) is 0. The largest absolute Gasteiger partial charge is 0.383 e. The lowest BCUT2D eigenvalue weighted by Crippen LogP contribution is -2.36. The predicted molar refractivity (Wildman–Crippen MR) is 87.4 cm³/mol. The van der Waals surface area contributed by atoms with Gasteiger partial charge in [0.05, 0.1) is 11.9 Å². The first-order valence-electron chi connectivity index (χ1n) is 7.67. The summed E-state index contributed by atoms with van der Waals surface area (Å²) in [6.45, 7) is 1.45. The Morgan fingerprint density at radius 3 is 3.18 bits per heavy atom. The van der Waals surface area contributed by atoms with Gasteiger partial charge in [0.25, 0.3) is 0 Å². The Bertz CT molecular complexity index is 767. The van der Waals surface area contributed by atoms with Crippen molar-refractivity contribution in [3.63, 3.8) is 0 Å². The molecule has 0 radical (unpaired) electrons. The van der Waals surface area contributed by atoms with E-state index in [-0.39, 0.29) is 5.91 Å². The molecule has 2 aliphatic rings. The molecule has 6 heteroatoms. The van der Waals surface area contributed by atoms with Crippen LogP contribution >= 0.6 is 11.3 Å². The summed E-state index contributed by atoms with van der Waals surface area (Å²) in [5.74, 6) is 1.25. The first-order valence-corrected chi connectivity index (χ1v) is 8.49. The zero-order chi connectivity index (χ0) is 15.1. The van der Waals surface area contributed by atoms with Gasteiger partial charge in [-0.3, -0.25) is 4.79 Å². The van der Waals surface area contributed by atoms with Crippen LogP contribution in [0.15, 0.2) is 18.5 Å². The Morgan fingerprint density at radius 2 is 2.36 bits per heavy atom. The van der Waals surface area contributed by atoms with Gasteiger partial charge >= 0.3 is 0 Å². The van der Waals surface area contributed by atoms with Crippen LogP contribution in [-0.2, 0) is 17.8 Å². The van der Waals surface area contributed by atoms with Crippen molar-refractivity contribution in [1.29, 1.82) is 0 Å². The molecule has 2 N–H and O–H groups in total. The average molecular weight is 314 g/mol. The number of hydrogen-bond donors (Lipinski definition) is 1. The molecule has 0 saturated heterocycles. The topological polar surface area (TPSA) is 72.1 Å². The zero-order valence-electron chi connectivity index (χ0n) is 12.3. The fourth-order valence-corrected chi connectivity index (χ4v) is 4.59. The highest BCUT2D eigenvalue weighted by molar-refractivity contribution is 7.19. The standard InChI is InChI=1S/C16H18N4OS/c17-15-14-11-5-6-20(13(21)7-10-3-1-2-4-10)8-12(11)22-16(14)19-9-18-15/h1,3,9-10H,2,4-8H2,(H2,17,18,19)/t10-/m1/s1. The van der Waals surface area contributed by atoms with Gasteiger partial charge in [0, 0.05) is 17.8 Å². The van der Waals surface area contributed by atoms with E-state index in [1.165, 1.54) is 16.8 Å². The molecule has 1 aliphatic heterocycles. The molecular formula is C16H18N4OS. The maximum absolute atomic E-state index is 12.5. The van der Waals surface area contributed by atoms with E-state index in [0.717, 1.165) is 36.0 Å². The molecule has 0 aromatic carbocycles. The first kappa shape index (κ1) is 13.7. The number of amides is 1. The van der Waals surface area contributed by atoms with Crippen molar-refractivity contribution in [3.8, 4) is 0 Å². The van der Waals surface area contributed by atoms with Gasteiger partial charge in [0.1, 0.15) is 17.0 Å². The quantitative estimate of drug-likeness (QED) is 0.865. The lowest BCUT2D eigenvalue weighted by molar-refractivity contribution is -0.132. The van der Waals surface area contributed by atoms with Crippen LogP contribution in [0.25, 0.3) is 10.2 Å². The van der Waals surface area contributed by atoms with E-state index in [2.05, 4.69) is 22.1 Å². The highest BCUT2D eigenvalue weighted by Crippen LogP contribution is 2.36. The summed E-state index contributed by atoms with van der Waals surface area (Å²) in [6.07, 6.45) is 9.58. The van der Waals surface area contributed by atoms with Crippen molar-refractivity contribution in [1.82, 2.24) is 14.9 Å². The van der Waals surface area contributed by atoms with Crippen LogP contribution < -0.4 is 5.73 Å². The normalized spacial score (nSPS) is 20.5. The minimum Gasteiger partial charge on any atom is -0.383 e. The van der Waals surface area contributed by atoms with E-state index in [0.29, 0.717) is 24.7 Å². The van der Waals surface area contributed by atoms with E-state index < -0.39 is 0 Å². The number of nitrogens with zero attached hydrogens (tertiary/aromatic N) is 3. The molecule has 1 atom stereocenters. The third kappa shape index (κ3) is 2.27. The number of thiophene rings is 1. The Morgan fingerprint density at radius 1 is 1.45 bits per heavy atom. The molecule has 0 fully saturated rings. The van der Waals surface area contributed by atoms with E-state index in [1.54, 1.807) is 11.3 Å². The maximum atomic E-state index is 12.5. The minimum absolute atomic E-state index is 0.263. The fraction of sp³-hybridized carbons (Fsp3) is 0.438. The zero-order valence-corrected chi connectivity index (χ0v) is 13.1. The monoisotopic (exact) mass is 314 g/mol. The van der Waals surface area contributed by atoms with Gasteiger partial charge in [-0.2, -0.15) is 0 Å². The number of carbonyl (C=O) groups is 1. The van der Waals surface area contributed by atoms with Gasteiger partial charge in [-0.05, 0) is 30.7 Å². The Kier molecular flexibility index (Phi) is 3.33. The smallest absolute Gasteiger partial charge is 0.223 e. The number of hydrogen-bond acceptors (Lipinski definition) is 5. The summed E-state index contributed by atoms with van der Waals surface area (Å²) < 4.78 is 0. The summed E-state index contributed by atoms with van der Waals surface area (Å²) in [4.78, 5) is 25.0. The van der Waals surface area contributed by atoms with Crippen LogP contribution in [0.2, 0.25) is 0 Å². The molecule has 5 nitrogen and oxygen atoms in total. The fourth-order valence-electron chi connectivity index (χ4n) is 3.38. The average Bonchev–Trinajstić information content (AvgIpc) is 3.13. The molecule has 0 unspecified atom stereocenters. The number of anilines is 1. The predicted octanol–water partition coefficient (Wildman–Crippen LogP) is 2.51. The number of aromatic nitrogens is 2. The Hall–Kier alpha value is -1.95. The number of allylic oxidation sites excluding steroid dienone is 2. The number of fused-ring (bicyclic) bond motifs is 3. The molecular weight excluding hydrogens is 296 g/mol. The van der Waals surface area contributed by atoms with Gasteiger partial charge in [0.2, 0.25) is 5.91 Å². The van der Waals surface area contributed by atoms with Crippen LogP contribution in [0.1, 0.15) is 29.7 Å². The molecule has 0 saturated carbocycles. The van der Waals surface area contributed by atoms with Crippen molar-refractivity contribution >= 4 is 33.3 Å². The second-order valence-electron chi connectivity index (χ2n) is 5.98. The van der Waals surface area contributed by atoms with Gasteiger partial charge in [-0.15, -0.1) is 11.3 Å². The Labute approximate surface area is 132 Å². The third-order valence-electron chi connectivity index (χ3n) is 4.57. The molecule has 0 spiro atoms. The van der Waals surface area contributed by atoms with Crippen LogP contribution in [0.4, 0.5) is 5.82 Å². The Balaban J connectivity index is 1.56. The van der Waals surface area contributed by atoms with Crippen LogP contribution in [0.3, 0.4) is 0 Å². The van der Waals surface area contributed by atoms with Gasteiger partial charge in [-0.1, -0.05) is 12.2 Å². The van der Waals surface area contributed by atoms with E-state index >= 15 is 0 Å². The number of nitrogens with two attached hydrogens (primary N) is 1. The number of nitrogen functional groups attached to an aromatic ring is 1. The van der Waals surface area contributed by atoms with E-state index in [4.69, 9.17) is 5.73 Å².